The maximum atomic E-state index is 10.0. The second-order valence-corrected chi connectivity index (χ2v) is 2.56. The van der Waals surface area contributed by atoms with E-state index in [1.165, 1.54) is 12.2 Å². The molecule has 0 fully saturated rings. The molecule has 0 aliphatic rings. The van der Waals surface area contributed by atoms with Gasteiger partial charge in [-0.05, 0) is 12.3 Å². The first-order valence-corrected chi connectivity index (χ1v) is 3.40. The lowest BCUT2D eigenvalue weighted by Gasteiger charge is -2.13. The molecule has 10 heavy (non-hydrogen) atoms. The maximum Gasteiger partial charge on any atom is 0.337 e. The Morgan fingerprint density at radius 3 is 2.50 bits per heavy atom. The summed E-state index contributed by atoms with van der Waals surface area (Å²) in [6.45, 7) is 4.81. The third-order valence-electron chi connectivity index (χ3n) is 1.23. The lowest BCUT2D eigenvalue weighted by atomic mass is 10.1. The van der Waals surface area contributed by atoms with Gasteiger partial charge in [-0.1, -0.05) is 13.8 Å². The molecule has 0 aliphatic carbocycles. The zero-order valence-corrected chi connectivity index (χ0v) is 6.76. The van der Waals surface area contributed by atoms with Crippen molar-refractivity contribution < 1.29 is 9.63 Å². The molecule has 0 N–H and O–H groups in total. The van der Waals surface area contributed by atoms with Gasteiger partial charge in [-0.15, -0.1) is 0 Å². The van der Waals surface area contributed by atoms with Crippen molar-refractivity contribution in [1.82, 2.24) is 5.06 Å². The van der Waals surface area contributed by atoms with E-state index in [1.807, 2.05) is 0 Å². The van der Waals surface area contributed by atoms with Crippen LogP contribution in [0.3, 0.4) is 0 Å². The minimum absolute atomic E-state index is 0.589. The highest BCUT2D eigenvalue weighted by atomic mass is 16.7. The molecule has 0 saturated heterocycles. The third-order valence-corrected chi connectivity index (χ3v) is 1.23. The maximum absolute atomic E-state index is 10.0. The van der Waals surface area contributed by atoms with Crippen molar-refractivity contribution in [3.63, 3.8) is 0 Å². The molecule has 0 saturated carbocycles. The molecular formula is C7H14NO2. The standard InChI is InChI=1S/C7H14NO2/c1-7(2)4-5-8(6-9)10-3/h7H,4-5H2,1-3H3. The normalized spacial score (nSPS) is 10.0. The Morgan fingerprint density at radius 1 is 1.60 bits per heavy atom. The van der Waals surface area contributed by atoms with Crippen molar-refractivity contribution in [2.75, 3.05) is 13.7 Å². The number of hydrogen-bond donors (Lipinski definition) is 0. The number of nitrogens with zero attached hydrogens (tertiary/aromatic N) is 1. The van der Waals surface area contributed by atoms with Gasteiger partial charge in [0.2, 0.25) is 0 Å². The fraction of sp³-hybridized carbons (Fsp3) is 0.857. The molecule has 1 radical (unpaired) electrons. The van der Waals surface area contributed by atoms with E-state index >= 15 is 0 Å². The first-order chi connectivity index (χ1) is 4.70. The van der Waals surface area contributed by atoms with Crippen LogP contribution in [0.1, 0.15) is 20.3 Å². The number of hydrogen-bond acceptors (Lipinski definition) is 2. The van der Waals surface area contributed by atoms with Crippen LogP contribution in [-0.2, 0) is 9.63 Å². The summed E-state index contributed by atoms with van der Waals surface area (Å²) in [5.41, 5.74) is 0. The Hall–Kier alpha value is -0.570. The van der Waals surface area contributed by atoms with Crippen molar-refractivity contribution in [2.24, 2.45) is 5.92 Å². The summed E-state index contributed by atoms with van der Waals surface area (Å²) in [5, 5.41) is 1.17. The van der Waals surface area contributed by atoms with E-state index in [0.717, 1.165) is 6.42 Å². The predicted molar refractivity (Wildman–Crippen MR) is 38.9 cm³/mol. The SMILES string of the molecule is CON([C]=O)CCC(C)C. The molecule has 0 heterocycles. The van der Waals surface area contributed by atoms with Gasteiger partial charge >= 0.3 is 6.41 Å². The van der Waals surface area contributed by atoms with Crippen LogP contribution in [0.25, 0.3) is 0 Å². The first kappa shape index (κ1) is 9.43. The topological polar surface area (TPSA) is 29.5 Å². The average Bonchev–Trinajstić information content (AvgIpc) is 1.90. The van der Waals surface area contributed by atoms with Crippen LogP contribution in [0.2, 0.25) is 0 Å². The molecule has 0 bridgehead atoms. The van der Waals surface area contributed by atoms with Gasteiger partial charge in [0.05, 0.1) is 7.11 Å². The fourth-order valence-electron chi connectivity index (χ4n) is 0.550. The summed E-state index contributed by atoms with van der Waals surface area (Å²) in [4.78, 5) is 14.7. The molecule has 0 atom stereocenters. The van der Waals surface area contributed by atoms with E-state index in [2.05, 4.69) is 18.7 Å². The Kier molecular flexibility index (Phi) is 4.94. The summed E-state index contributed by atoms with van der Waals surface area (Å²) in [5.74, 6) is 0.589. The summed E-state index contributed by atoms with van der Waals surface area (Å²) in [6, 6.07) is 0. The van der Waals surface area contributed by atoms with Gasteiger partial charge in [0.1, 0.15) is 0 Å². The van der Waals surface area contributed by atoms with Gasteiger partial charge in [-0.3, -0.25) is 9.63 Å². The molecule has 0 aromatic rings. The van der Waals surface area contributed by atoms with E-state index in [4.69, 9.17) is 0 Å². The van der Waals surface area contributed by atoms with Crippen LogP contribution in [0.5, 0.6) is 0 Å². The smallest absolute Gasteiger partial charge is 0.274 e. The van der Waals surface area contributed by atoms with Crippen molar-refractivity contribution in [1.29, 1.82) is 0 Å². The van der Waals surface area contributed by atoms with Gasteiger partial charge in [0, 0.05) is 6.54 Å². The highest BCUT2D eigenvalue weighted by molar-refractivity contribution is 5.45. The Morgan fingerprint density at radius 2 is 2.20 bits per heavy atom. The Bertz CT molecular complexity index is 93.6. The number of rotatable bonds is 5. The van der Waals surface area contributed by atoms with Crippen LogP contribution in [0.15, 0.2) is 0 Å². The summed E-state index contributed by atoms with van der Waals surface area (Å²) < 4.78 is 0. The zero-order chi connectivity index (χ0) is 7.98. The van der Waals surface area contributed by atoms with E-state index in [1.54, 1.807) is 6.41 Å². The second kappa shape index (κ2) is 5.23. The molecule has 59 valence electrons. The minimum atomic E-state index is 0.589. The van der Waals surface area contributed by atoms with Crippen LogP contribution < -0.4 is 0 Å². The Labute approximate surface area is 61.9 Å². The average molecular weight is 144 g/mol. The van der Waals surface area contributed by atoms with E-state index in [-0.39, 0.29) is 0 Å². The summed E-state index contributed by atoms with van der Waals surface area (Å²) >= 11 is 0. The molecule has 0 rings (SSSR count). The lowest BCUT2D eigenvalue weighted by Crippen LogP contribution is -2.22. The molecule has 3 heteroatoms. The van der Waals surface area contributed by atoms with Crippen LogP contribution in [0, 0.1) is 5.92 Å². The Balaban J connectivity index is 3.34. The van der Waals surface area contributed by atoms with Crippen LogP contribution in [0.4, 0.5) is 0 Å². The summed E-state index contributed by atoms with van der Waals surface area (Å²) in [6.07, 6.45) is 2.62. The third kappa shape index (κ3) is 4.32. The van der Waals surface area contributed by atoms with Crippen molar-refractivity contribution in [3.8, 4) is 0 Å². The quantitative estimate of drug-likeness (QED) is 0.425. The largest absolute Gasteiger partial charge is 0.337 e. The van der Waals surface area contributed by atoms with Crippen molar-refractivity contribution >= 4 is 6.41 Å². The molecule has 0 spiro atoms. The van der Waals surface area contributed by atoms with Gasteiger partial charge in [-0.25, -0.2) is 5.06 Å². The summed E-state index contributed by atoms with van der Waals surface area (Å²) in [7, 11) is 1.46. The molecule has 0 aromatic heterocycles. The molecular weight excluding hydrogens is 130 g/mol. The first-order valence-electron chi connectivity index (χ1n) is 3.40. The number of hydroxylamine groups is 2. The van der Waals surface area contributed by atoms with Gasteiger partial charge in [0.25, 0.3) is 0 Å². The van der Waals surface area contributed by atoms with E-state index in [0.29, 0.717) is 12.5 Å². The zero-order valence-electron chi connectivity index (χ0n) is 6.76. The fourth-order valence-corrected chi connectivity index (χ4v) is 0.550. The molecule has 1 amide bonds. The van der Waals surface area contributed by atoms with Crippen LogP contribution >= 0.6 is 0 Å². The second-order valence-electron chi connectivity index (χ2n) is 2.56. The van der Waals surface area contributed by atoms with Crippen LogP contribution in [-0.4, -0.2) is 25.1 Å². The monoisotopic (exact) mass is 144 g/mol. The van der Waals surface area contributed by atoms with Gasteiger partial charge in [-0.2, -0.15) is 0 Å². The highest BCUT2D eigenvalue weighted by Crippen LogP contribution is 1.99. The lowest BCUT2D eigenvalue weighted by molar-refractivity contribution is -0.0683. The van der Waals surface area contributed by atoms with Gasteiger partial charge < -0.3 is 0 Å². The van der Waals surface area contributed by atoms with Crippen molar-refractivity contribution in [2.45, 2.75) is 20.3 Å². The van der Waals surface area contributed by atoms with E-state index in [9.17, 15) is 4.79 Å². The van der Waals surface area contributed by atoms with Crippen molar-refractivity contribution in [3.05, 3.63) is 0 Å². The highest BCUT2D eigenvalue weighted by Gasteiger charge is 2.01. The molecule has 0 unspecified atom stereocenters. The van der Waals surface area contributed by atoms with E-state index < -0.39 is 0 Å². The number of carbonyl (C=O) groups excluding carboxylic acids is 1. The molecule has 0 aliphatic heterocycles. The molecule has 0 aromatic carbocycles. The molecule has 3 nitrogen and oxygen atoms in total. The minimum Gasteiger partial charge on any atom is -0.274 e. The predicted octanol–water partition coefficient (Wildman–Crippen LogP) is 0.963. The number of amides is 1. The van der Waals surface area contributed by atoms with Gasteiger partial charge in [0.15, 0.2) is 0 Å².